The minimum absolute atomic E-state index is 0.306. The third-order valence-electron chi connectivity index (χ3n) is 17.6. The van der Waals surface area contributed by atoms with Gasteiger partial charge in [-0.2, -0.15) is 0 Å². The maximum Gasteiger partial charge on any atom is 0.361 e. The SMILES string of the molecule is CCCCCCCCCCCCOP(=O)(OCCCCCCCCCCCC)c1ccc(-c2ccc(P(=O)(OCCCCCCCCCCCC)OCCCCCCCCCCCC)cc2)cc1.CCOP(=O)(OCC)c1ccc(-c2ccc(P(=O)(OCC)OCC)cc2)cc1. The predicted molar refractivity (Wildman–Crippen MR) is 410 cm³/mol. The molecule has 4 rings (SSSR count). The summed E-state index contributed by atoms with van der Waals surface area (Å²) >= 11 is 0. The maximum atomic E-state index is 14.5. The van der Waals surface area contributed by atoms with Crippen LogP contribution in [0.15, 0.2) is 97.1 Å². The molecule has 0 aromatic heterocycles. The van der Waals surface area contributed by atoms with Crippen LogP contribution in [0.3, 0.4) is 0 Å². The van der Waals surface area contributed by atoms with Gasteiger partial charge in [-0.3, -0.25) is 18.3 Å². The van der Waals surface area contributed by atoms with E-state index in [4.69, 9.17) is 36.2 Å². The first-order valence-corrected chi connectivity index (χ1v) is 45.0. The molecular formula is C80H136O12P4. The average Bonchev–Trinajstić information content (AvgIpc) is 0.825. The molecule has 0 heterocycles. The molecule has 0 fully saturated rings. The van der Waals surface area contributed by atoms with E-state index in [1.165, 1.54) is 205 Å². The fourth-order valence-electron chi connectivity index (χ4n) is 11.9. The van der Waals surface area contributed by atoms with E-state index in [9.17, 15) is 18.3 Å². The Morgan fingerprint density at radius 2 is 0.323 bits per heavy atom. The second-order valence-electron chi connectivity index (χ2n) is 25.9. The average molecular weight is 1410 g/mol. The lowest BCUT2D eigenvalue weighted by atomic mass is 10.1. The molecule has 548 valence electrons. The molecule has 0 saturated heterocycles. The van der Waals surface area contributed by atoms with Crippen molar-refractivity contribution in [3.63, 3.8) is 0 Å². The summed E-state index contributed by atoms with van der Waals surface area (Å²) in [5.74, 6) is 0. The van der Waals surface area contributed by atoms with E-state index >= 15 is 0 Å². The van der Waals surface area contributed by atoms with E-state index in [0.29, 0.717) is 74.1 Å². The van der Waals surface area contributed by atoms with Gasteiger partial charge in [0.05, 0.1) is 74.1 Å². The van der Waals surface area contributed by atoms with Gasteiger partial charge >= 0.3 is 30.4 Å². The Balaban J connectivity index is 0.000000708. The van der Waals surface area contributed by atoms with Crippen LogP contribution in [0.1, 0.15) is 312 Å². The fourth-order valence-corrected chi connectivity index (χ4v) is 18.3. The second kappa shape index (κ2) is 56.1. The van der Waals surface area contributed by atoms with Crippen LogP contribution in [0.4, 0.5) is 0 Å². The summed E-state index contributed by atoms with van der Waals surface area (Å²) in [6.07, 6.45) is 49.7. The van der Waals surface area contributed by atoms with E-state index in [-0.39, 0.29) is 0 Å². The fraction of sp³-hybridized carbons (Fsp3) is 0.700. The standard InChI is InChI=1S/C60H108O6P2.C20H28O6P2/c1-5-9-13-17-21-25-29-33-37-41-53-63-67(61,64-54-42-38-34-30-26-22-18-14-10-6-2)59-49-45-57(46-50-59)58-47-51-60(52-48-58)68(62,65-55-43-39-35-31-27-23-19-15-11-7-3)66-56-44-40-36-32-28-24-20-16-12-8-4;1-5-23-27(21,24-6-2)19-13-9-17(10-14-19)18-11-15-20(16-12-18)28(22,25-7-3)26-8-4/h45-52H,5-44,53-56H2,1-4H3;9-16H,5-8H2,1-4H3. The largest absolute Gasteiger partial charge is 0.361 e. The van der Waals surface area contributed by atoms with Crippen molar-refractivity contribution in [3.8, 4) is 22.3 Å². The van der Waals surface area contributed by atoms with Crippen molar-refractivity contribution in [2.75, 3.05) is 52.9 Å². The van der Waals surface area contributed by atoms with Crippen LogP contribution in [-0.2, 0) is 54.5 Å². The Labute approximate surface area is 587 Å². The van der Waals surface area contributed by atoms with Crippen molar-refractivity contribution in [3.05, 3.63) is 97.1 Å². The molecule has 0 atom stereocenters. The lowest BCUT2D eigenvalue weighted by molar-refractivity contribution is 0.205. The van der Waals surface area contributed by atoms with Gasteiger partial charge in [-0.15, -0.1) is 0 Å². The van der Waals surface area contributed by atoms with Gasteiger partial charge < -0.3 is 36.2 Å². The first kappa shape index (κ1) is 87.7. The van der Waals surface area contributed by atoms with Crippen molar-refractivity contribution < 1.29 is 54.5 Å². The van der Waals surface area contributed by atoms with Crippen molar-refractivity contribution in [2.45, 2.75) is 312 Å². The van der Waals surface area contributed by atoms with Crippen molar-refractivity contribution >= 4 is 51.6 Å². The summed E-state index contributed by atoms with van der Waals surface area (Å²) in [6.45, 7) is 19.2. The Bertz CT molecular complexity index is 2410. The molecule has 0 spiro atoms. The lowest BCUT2D eigenvalue weighted by Crippen LogP contribution is -2.12. The molecule has 0 amide bonds. The van der Waals surface area contributed by atoms with Crippen LogP contribution >= 0.6 is 30.4 Å². The molecule has 0 saturated carbocycles. The summed E-state index contributed by atoms with van der Waals surface area (Å²) < 4.78 is 101. The summed E-state index contributed by atoms with van der Waals surface area (Å²) in [6, 6.07) is 30.1. The molecule has 0 bridgehead atoms. The minimum Gasteiger partial charge on any atom is -0.305 e. The van der Waals surface area contributed by atoms with E-state index in [1.807, 2.05) is 72.8 Å². The highest BCUT2D eigenvalue weighted by atomic mass is 31.2. The van der Waals surface area contributed by atoms with Crippen molar-refractivity contribution in [1.82, 2.24) is 0 Å². The van der Waals surface area contributed by atoms with E-state index < -0.39 is 30.4 Å². The van der Waals surface area contributed by atoms with Crippen LogP contribution in [0.25, 0.3) is 22.3 Å². The zero-order valence-corrected chi connectivity index (χ0v) is 65.4. The Kier molecular flexibility index (Phi) is 51.2. The summed E-state index contributed by atoms with van der Waals surface area (Å²) in [5.41, 5.74) is 3.84. The Morgan fingerprint density at radius 1 is 0.188 bits per heavy atom. The zero-order chi connectivity index (χ0) is 69.5. The molecule has 0 aliphatic rings. The number of hydrogen-bond acceptors (Lipinski definition) is 12. The van der Waals surface area contributed by atoms with Gasteiger partial charge in [0.25, 0.3) is 0 Å². The van der Waals surface area contributed by atoms with Gasteiger partial charge in [0.15, 0.2) is 0 Å². The molecule has 12 nitrogen and oxygen atoms in total. The van der Waals surface area contributed by atoms with Gasteiger partial charge in [-0.1, -0.05) is 307 Å². The number of rotatable bonds is 62. The smallest absolute Gasteiger partial charge is 0.305 e. The molecule has 4 aromatic rings. The molecular weight excluding hydrogens is 1280 g/mol. The van der Waals surface area contributed by atoms with Crippen molar-refractivity contribution in [2.24, 2.45) is 0 Å². The van der Waals surface area contributed by atoms with E-state index in [1.54, 1.807) is 52.0 Å². The Morgan fingerprint density at radius 3 is 0.469 bits per heavy atom. The van der Waals surface area contributed by atoms with Crippen LogP contribution in [-0.4, -0.2) is 52.9 Å². The molecule has 4 aromatic carbocycles. The molecule has 0 unspecified atom stereocenters. The topological polar surface area (TPSA) is 142 Å². The minimum atomic E-state index is -3.49. The van der Waals surface area contributed by atoms with Crippen molar-refractivity contribution in [1.29, 1.82) is 0 Å². The normalized spacial score (nSPS) is 12.2. The molecule has 0 radical (unpaired) electrons. The van der Waals surface area contributed by atoms with Gasteiger partial charge in [-0.05, 0) is 124 Å². The third kappa shape index (κ3) is 37.4. The first-order valence-electron chi connectivity index (χ1n) is 38.8. The molecule has 0 aliphatic heterocycles. The van der Waals surface area contributed by atoms with Gasteiger partial charge in [0, 0.05) is 0 Å². The van der Waals surface area contributed by atoms with Gasteiger partial charge in [0.2, 0.25) is 0 Å². The zero-order valence-electron chi connectivity index (χ0n) is 61.9. The van der Waals surface area contributed by atoms with E-state index in [0.717, 1.165) is 73.6 Å². The summed E-state index contributed by atoms with van der Waals surface area (Å²) in [5, 5.41) is 2.27. The number of hydrogen-bond donors (Lipinski definition) is 0. The maximum absolute atomic E-state index is 14.5. The second-order valence-corrected chi connectivity index (χ2v) is 34.0. The van der Waals surface area contributed by atoms with E-state index in [2.05, 4.69) is 27.7 Å². The quantitative estimate of drug-likeness (QED) is 0.0307. The van der Waals surface area contributed by atoms with Crippen LogP contribution in [0, 0.1) is 0 Å². The van der Waals surface area contributed by atoms with Gasteiger partial charge in [0.1, 0.15) is 0 Å². The highest BCUT2D eigenvalue weighted by Crippen LogP contribution is 2.51. The monoisotopic (exact) mass is 1410 g/mol. The first-order chi connectivity index (χ1) is 46.8. The summed E-state index contributed by atoms with van der Waals surface area (Å²) in [4.78, 5) is 0. The van der Waals surface area contributed by atoms with Crippen LogP contribution < -0.4 is 21.2 Å². The van der Waals surface area contributed by atoms with Crippen LogP contribution in [0.5, 0.6) is 0 Å². The predicted octanol–water partition coefficient (Wildman–Crippen LogP) is 25.9. The Hall–Kier alpha value is -2.52. The highest BCUT2D eigenvalue weighted by molar-refractivity contribution is 7.63. The van der Waals surface area contributed by atoms with Gasteiger partial charge in [-0.25, -0.2) is 0 Å². The summed E-state index contributed by atoms with van der Waals surface area (Å²) in [7, 11) is -13.6. The number of unbranched alkanes of at least 4 members (excludes halogenated alkanes) is 36. The van der Waals surface area contributed by atoms with Crippen LogP contribution in [0.2, 0.25) is 0 Å². The number of benzene rings is 4. The lowest BCUT2D eigenvalue weighted by Gasteiger charge is -2.20. The highest BCUT2D eigenvalue weighted by Gasteiger charge is 2.31. The molecule has 96 heavy (non-hydrogen) atoms. The third-order valence-corrected chi connectivity index (χ3v) is 25.8. The molecule has 0 aliphatic carbocycles. The molecule has 0 N–H and O–H groups in total. The molecule has 16 heteroatoms.